The van der Waals surface area contributed by atoms with E-state index < -0.39 is 0 Å². The second-order valence-electron chi connectivity index (χ2n) is 7.47. The summed E-state index contributed by atoms with van der Waals surface area (Å²) in [6, 6.07) is 20.9. The number of pyridine rings is 1. The maximum Gasteiger partial charge on any atom is 0.145 e. The lowest BCUT2D eigenvalue weighted by Gasteiger charge is -2.10. The monoisotopic (exact) mass is 475 g/mol. The van der Waals surface area contributed by atoms with Crippen LogP contribution in [0.1, 0.15) is 11.4 Å². The summed E-state index contributed by atoms with van der Waals surface area (Å²) in [5.41, 5.74) is 2.86. The lowest BCUT2D eigenvalue weighted by atomic mass is 10.3. The predicted octanol–water partition coefficient (Wildman–Crippen LogP) is 4.40. The van der Waals surface area contributed by atoms with Crippen LogP contribution in [-0.2, 0) is 14.2 Å². The van der Waals surface area contributed by atoms with Gasteiger partial charge in [0.05, 0.1) is 63.5 Å². The molecule has 1 aliphatic heterocycles. The molecule has 0 radical (unpaired) electrons. The Morgan fingerprint density at radius 2 is 0.886 bits per heavy atom. The summed E-state index contributed by atoms with van der Waals surface area (Å²) in [4.78, 5) is 13.8. The first-order chi connectivity index (χ1) is 17.4. The zero-order chi connectivity index (χ0) is 24.0. The van der Waals surface area contributed by atoms with Crippen LogP contribution in [0.25, 0.3) is 0 Å². The van der Waals surface area contributed by atoms with E-state index in [1.54, 1.807) is 12.4 Å². The molecule has 0 spiro atoms. The molecule has 0 atom stereocenters. The summed E-state index contributed by atoms with van der Waals surface area (Å²) in [6.07, 6.45) is 3.42. The van der Waals surface area contributed by atoms with Crippen molar-refractivity contribution in [3.8, 4) is 11.5 Å². The van der Waals surface area contributed by atoms with Crippen LogP contribution in [0.2, 0.25) is 0 Å². The van der Waals surface area contributed by atoms with Gasteiger partial charge in [-0.25, -0.2) is 4.98 Å². The van der Waals surface area contributed by atoms with Gasteiger partial charge in [-0.1, -0.05) is 30.3 Å². The predicted molar refractivity (Wildman–Crippen MR) is 135 cm³/mol. The molecule has 4 rings (SSSR count). The largest absolute Gasteiger partial charge is 0.489 e. The molecule has 8 heteroatoms. The van der Waals surface area contributed by atoms with Crippen LogP contribution in [-0.4, -0.2) is 70.3 Å². The van der Waals surface area contributed by atoms with Crippen molar-refractivity contribution in [2.24, 2.45) is 9.98 Å². The third-order valence-corrected chi connectivity index (χ3v) is 4.91. The highest BCUT2D eigenvalue weighted by atomic mass is 16.6. The fourth-order valence-corrected chi connectivity index (χ4v) is 3.22. The molecule has 0 unspecified atom stereocenters. The van der Waals surface area contributed by atoms with Crippen molar-refractivity contribution in [2.75, 3.05) is 52.9 Å². The molecule has 182 valence electrons. The van der Waals surface area contributed by atoms with Gasteiger partial charge in [0.15, 0.2) is 0 Å². The third-order valence-electron chi connectivity index (χ3n) is 4.91. The Morgan fingerprint density at radius 1 is 0.457 bits per heavy atom. The molecule has 35 heavy (non-hydrogen) atoms. The molecular formula is C27H29N3O5. The standard InChI is InChI=1S/C27H29N3O5/c1-3-10-26-24(8-1)28-20-22-6-5-7-23(30-22)21-29-25-9-2-4-11-27(25)35-19-17-33-15-13-31-12-14-32-16-18-34-26/h1-11,20-21H,12-19H2. The molecule has 8 nitrogen and oxygen atoms in total. The average molecular weight is 476 g/mol. The average Bonchev–Trinajstić information content (AvgIpc) is 2.90. The number of aromatic nitrogens is 1. The first kappa shape index (κ1) is 24.5. The van der Waals surface area contributed by atoms with Crippen molar-refractivity contribution in [1.82, 2.24) is 4.98 Å². The van der Waals surface area contributed by atoms with Crippen LogP contribution in [0.5, 0.6) is 11.5 Å². The summed E-state index contributed by atoms with van der Waals surface area (Å²) in [5, 5.41) is 0. The van der Waals surface area contributed by atoms with E-state index >= 15 is 0 Å². The van der Waals surface area contributed by atoms with Crippen molar-refractivity contribution in [1.29, 1.82) is 0 Å². The van der Waals surface area contributed by atoms with Gasteiger partial charge in [-0.05, 0) is 36.4 Å². The molecule has 2 aromatic carbocycles. The number of ether oxygens (including phenoxy) is 5. The van der Waals surface area contributed by atoms with Gasteiger partial charge < -0.3 is 23.7 Å². The number of aliphatic imine (C=N–C) groups is 2. The summed E-state index contributed by atoms with van der Waals surface area (Å²) in [5.74, 6) is 1.37. The SMILES string of the molecule is C1=Nc2ccccc2OCCOCCOCCOCCOc2ccccc2N=Cc2cccc1n2. The van der Waals surface area contributed by atoms with Crippen molar-refractivity contribution >= 4 is 23.8 Å². The highest BCUT2D eigenvalue weighted by molar-refractivity contribution is 5.84. The van der Waals surface area contributed by atoms with Crippen LogP contribution < -0.4 is 9.47 Å². The Hall–Kier alpha value is -3.59. The van der Waals surface area contributed by atoms with Gasteiger partial charge in [0.2, 0.25) is 0 Å². The molecular weight excluding hydrogens is 446 g/mol. The Balaban J connectivity index is 1.51. The van der Waals surface area contributed by atoms with Gasteiger partial charge in [-0.3, -0.25) is 9.98 Å². The van der Waals surface area contributed by atoms with E-state index in [0.29, 0.717) is 75.7 Å². The number of hydrogen-bond acceptors (Lipinski definition) is 8. The van der Waals surface area contributed by atoms with E-state index in [0.717, 1.165) is 11.4 Å². The highest BCUT2D eigenvalue weighted by Gasteiger charge is 2.04. The number of hydrogen-bond donors (Lipinski definition) is 0. The van der Waals surface area contributed by atoms with Crippen LogP contribution in [0, 0.1) is 0 Å². The molecule has 1 aromatic heterocycles. The van der Waals surface area contributed by atoms with Gasteiger partial charge in [-0.15, -0.1) is 0 Å². The smallest absolute Gasteiger partial charge is 0.145 e. The molecule has 2 bridgehead atoms. The minimum Gasteiger partial charge on any atom is -0.489 e. The number of fused-ring (bicyclic) bond motifs is 4. The van der Waals surface area contributed by atoms with E-state index in [9.17, 15) is 0 Å². The molecule has 3 aromatic rings. The molecule has 0 aliphatic carbocycles. The van der Waals surface area contributed by atoms with Crippen molar-refractivity contribution < 1.29 is 23.7 Å². The number of benzene rings is 2. The normalized spacial score (nSPS) is 16.1. The Morgan fingerprint density at radius 3 is 1.37 bits per heavy atom. The molecule has 0 saturated heterocycles. The van der Waals surface area contributed by atoms with Crippen LogP contribution in [0.4, 0.5) is 11.4 Å². The molecule has 0 fully saturated rings. The lowest BCUT2D eigenvalue weighted by Crippen LogP contribution is -2.14. The summed E-state index contributed by atoms with van der Waals surface area (Å²) in [6.45, 7) is 3.73. The van der Waals surface area contributed by atoms with Gasteiger partial charge in [0.1, 0.15) is 36.1 Å². The maximum atomic E-state index is 5.86. The zero-order valence-electron chi connectivity index (χ0n) is 19.5. The first-order valence-electron chi connectivity index (χ1n) is 11.6. The quantitative estimate of drug-likeness (QED) is 0.479. The zero-order valence-corrected chi connectivity index (χ0v) is 19.5. The van der Waals surface area contributed by atoms with E-state index in [2.05, 4.69) is 15.0 Å². The van der Waals surface area contributed by atoms with Crippen molar-refractivity contribution in [3.05, 3.63) is 78.1 Å². The fraction of sp³-hybridized carbons (Fsp3) is 0.296. The lowest BCUT2D eigenvalue weighted by molar-refractivity contribution is 0.00504. The van der Waals surface area contributed by atoms with E-state index in [1.807, 2.05) is 66.7 Å². The Kier molecular flexibility index (Phi) is 9.78. The second kappa shape index (κ2) is 14.0. The Labute approximate surface area is 205 Å². The summed E-state index contributed by atoms with van der Waals surface area (Å²) < 4.78 is 28.4. The minimum atomic E-state index is 0.418. The summed E-state index contributed by atoms with van der Waals surface area (Å²) in [7, 11) is 0. The Bertz CT molecular complexity index is 1040. The number of rotatable bonds is 0. The van der Waals surface area contributed by atoms with Gasteiger partial charge in [-0.2, -0.15) is 0 Å². The highest BCUT2D eigenvalue weighted by Crippen LogP contribution is 2.27. The van der Waals surface area contributed by atoms with Crippen LogP contribution >= 0.6 is 0 Å². The van der Waals surface area contributed by atoms with Crippen LogP contribution in [0.15, 0.2) is 76.7 Å². The summed E-state index contributed by atoms with van der Waals surface area (Å²) >= 11 is 0. The van der Waals surface area contributed by atoms with E-state index in [-0.39, 0.29) is 0 Å². The van der Waals surface area contributed by atoms with Crippen LogP contribution in [0.3, 0.4) is 0 Å². The molecule has 0 saturated carbocycles. The molecule has 0 amide bonds. The third kappa shape index (κ3) is 8.29. The first-order valence-corrected chi connectivity index (χ1v) is 11.6. The van der Waals surface area contributed by atoms with Crippen molar-refractivity contribution in [2.45, 2.75) is 0 Å². The van der Waals surface area contributed by atoms with Gasteiger partial charge in [0.25, 0.3) is 0 Å². The van der Waals surface area contributed by atoms with E-state index in [1.165, 1.54) is 0 Å². The van der Waals surface area contributed by atoms with Gasteiger partial charge in [0, 0.05) is 0 Å². The minimum absolute atomic E-state index is 0.418. The molecule has 0 N–H and O–H groups in total. The van der Waals surface area contributed by atoms with Crippen molar-refractivity contribution in [3.63, 3.8) is 0 Å². The fourth-order valence-electron chi connectivity index (χ4n) is 3.22. The van der Waals surface area contributed by atoms with Gasteiger partial charge >= 0.3 is 0 Å². The molecule has 2 heterocycles. The van der Waals surface area contributed by atoms with E-state index in [4.69, 9.17) is 23.7 Å². The number of para-hydroxylation sites is 4. The molecule has 1 aliphatic rings. The maximum absolute atomic E-state index is 5.86. The topological polar surface area (TPSA) is 83.8 Å². The second-order valence-corrected chi connectivity index (χ2v) is 7.47. The number of nitrogens with zero attached hydrogens (tertiary/aromatic N) is 3.